The van der Waals surface area contributed by atoms with Gasteiger partial charge in [0.15, 0.2) is 0 Å². The van der Waals surface area contributed by atoms with Crippen LogP contribution in [0.4, 0.5) is 0 Å². The van der Waals surface area contributed by atoms with E-state index in [9.17, 15) is 0 Å². The number of hydrogen-bond donors (Lipinski definition) is 0. The quantitative estimate of drug-likeness (QED) is 0.110. The Morgan fingerprint density at radius 3 is 0.608 bits per heavy atom. The molecular formula is C121H80N4. The van der Waals surface area contributed by atoms with Gasteiger partial charge in [-0.25, -0.2) is 0 Å². The third-order valence-corrected chi connectivity index (χ3v) is 25.8. The minimum atomic E-state index is 0.922. The van der Waals surface area contributed by atoms with Crippen molar-refractivity contribution in [1.29, 1.82) is 0 Å². The molecule has 0 N–H and O–H groups in total. The van der Waals surface area contributed by atoms with Gasteiger partial charge in [-0.3, -0.25) is 0 Å². The Morgan fingerprint density at radius 1 is 0.120 bits per heavy atom. The molecule has 0 spiro atoms. The zero-order chi connectivity index (χ0) is 82.4. The van der Waals surface area contributed by atoms with Crippen molar-refractivity contribution in [3.8, 4) is 134 Å². The summed E-state index contributed by atoms with van der Waals surface area (Å²) >= 11 is 0. The molecule has 1 aliphatic rings. The molecule has 25 rings (SSSR count). The second kappa shape index (κ2) is 30.4. The first-order chi connectivity index (χ1) is 61.9. The maximum atomic E-state index is 2.45. The van der Waals surface area contributed by atoms with Gasteiger partial charge in [-0.2, -0.15) is 0 Å². The van der Waals surface area contributed by atoms with Gasteiger partial charge in [-0.15, -0.1) is 0 Å². The first-order valence-corrected chi connectivity index (χ1v) is 43.2. The summed E-state index contributed by atoms with van der Waals surface area (Å²) in [6, 6.07) is 173. The summed E-state index contributed by atoms with van der Waals surface area (Å²) in [6.07, 6.45) is 0.922. The lowest BCUT2D eigenvalue weighted by atomic mass is 9.97. The van der Waals surface area contributed by atoms with E-state index in [0.29, 0.717) is 0 Å². The summed E-state index contributed by atoms with van der Waals surface area (Å²) in [5.41, 5.74) is 41.6. The van der Waals surface area contributed by atoms with Crippen molar-refractivity contribution in [2.24, 2.45) is 0 Å². The van der Waals surface area contributed by atoms with Gasteiger partial charge in [0.05, 0.1) is 44.1 Å². The minimum Gasteiger partial charge on any atom is -0.309 e. The van der Waals surface area contributed by atoms with E-state index in [2.05, 4.69) is 491 Å². The standard InChI is InChI=1S/C61H40N2.C60H40N2/c1-4-14-40(15-5-1)46-34-47(41-16-6-2-7-17-41)37-51(36-46)63-59-23-13-11-21-55(59)57-39-45(27-31-61(57)63)43-25-29-53-49(33-43)35-48-32-42(24-28-52(48)53)44-26-30-60-56(38-44)54-20-10-12-22-58(54)62(60)50-18-8-3-9-19-50;1-4-14-41(15-5-1)49-36-50(42-16-6-2-7-17-42)38-52(37-49)62-58-23-13-11-21-54(58)56-40-48(33-35-60(56)62)46-30-26-44(27-31-46)43-24-28-45(29-25-43)47-32-34-59-55(39-47)53-20-10-12-22-57(53)61(59)51-18-8-3-9-19-51/h1-34,36-39H,35H2;1-40H. The van der Waals surface area contributed by atoms with Crippen molar-refractivity contribution in [3.63, 3.8) is 0 Å². The molecule has 0 aliphatic heterocycles. The average Bonchev–Trinajstić information content (AvgIpc) is 1.60. The van der Waals surface area contributed by atoms with Crippen molar-refractivity contribution in [1.82, 2.24) is 18.3 Å². The summed E-state index contributed by atoms with van der Waals surface area (Å²) in [6.45, 7) is 0. The van der Waals surface area contributed by atoms with Crippen molar-refractivity contribution < 1.29 is 0 Å². The highest BCUT2D eigenvalue weighted by Gasteiger charge is 2.24. The van der Waals surface area contributed by atoms with Crippen LogP contribution in [0.1, 0.15) is 11.1 Å². The van der Waals surface area contributed by atoms with Crippen molar-refractivity contribution >= 4 is 87.2 Å². The van der Waals surface area contributed by atoms with Gasteiger partial charge in [0.1, 0.15) is 0 Å². The van der Waals surface area contributed by atoms with Crippen molar-refractivity contribution in [2.45, 2.75) is 6.42 Å². The van der Waals surface area contributed by atoms with Gasteiger partial charge >= 0.3 is 0 Å². The third-order valence-electron chi connectivity index (χ3n) is 25.8. The Bertz CT molecular complexity index is 8190. The fraction of sp³-hybridized carbons (Fsp3) is 0.00826. The van der Waals surface area contributed by atoms with E-state index in [1.54, 1.807) is 0 Å². The van der Waals surface area contributed by atoms with Crippen molar-refractivity contribution in [2.75, 3.05) is 0 Å². The second-order valence-corrected chi connectivity index (χ2v) is 33.1. The Balaban J connectivity index is 0.000000140. The number of nitrogens with zero attached hydrogens (tertiary/aromatic N) is 4. The SMILES string of the molecule is c1ccc(-c2cc(-c3ccccc3)cc(-n3c4ccccc4c4cc(-c5ccc(-c6ccc(-c7ccc8c(c7)c7ccccc7n8-c7ccccc7)cc6)cc5)ccc43)c2)cc1.c1ccc(-c2cc(-c3ccccc3)cc(-n3c4ccccc4c4cc(-c5ccc6c(c5)Cc5cc(-c7ccc8c(c7)c7ccccc7n8-c7ccccc7)ccc5-6)ccc43)c2)cc1. The molecule has 0 radical (unpaired) electrons. The van der Waals surface area contributed by atoms with Gasteiger partial charge in [-0.05, 0) is 262 Å². The van der Waals surface area contributed by atoms with E-state index >= 15 is 0 Å². The minimum absolute atomic E-state index is 0.922. The van der Waals surface area contributed by atoms with Crippen LogP contribution in [0, 0.1) is 0 Å². The lowest BCUT2D eigenvalue weighted by Crippen LogP contribution is -1.96. The zero-order valence-electron chi connectivity index (χ0n) is 68.5. The summed E-state index contributed by atoms with van der Waals surface area (Å²) in [5, 5.41) is 10.1. The Kier molecular flexibility index (Phi) is 17.6. The summed E-state index contributed by atoms with van der Waals surface area (Å²) in [4.78, 5) is 0. The molecule has 4 heteroatoms. The molecule has 0 bridgehead atoms. The Labute approximate surface area is 725 Å². The van der Waals surface area contributed by atoms with E-state index in [1.165, 1.54) is 221 Å². The van der Waals surface area contributed by atoms with E-state index in [4.69, 9.17) is 0 Å². The van der Waals surface area contributed by atoms with Crippen LogP contribution in [0.3, 0.4) is 0 Å². The number of rotatable bonds is 13. The van der Waals surface area contributed by atoms with Crippen LogP contribution in [-0.2, 0) is 6.42 Å². The van der Waals surface area contributed by atoms with Gasteiger partial charge in [-0.1, -0.05) is 340 Å². The van der Waals surface area contributed by atoms with E-state index in [-0.39, 0.29) is 0 Å². The number of aromatic nitrogens is 4. The Hall–Kier alpha value is -16.4. The predicted molar refractivity (Wildman–Crippen MR) is 527 cm³/mol. The molecule has 0 atom stereocenters. The van der Waals surface area contributed by atoms with E-state index in [1.807, 2.05) is 0 Å². The maximum absolute atomic E-state index is 2.45. The van der Waals surface area contributed by atoms with E-state index < -0.39 is 0 Å². The van der Waals surface area contributed by atoms with Crippen LogP contribution in [0.5, 0.6) is 0 Å². The molecule has 125 heavy (non-hydrogen) atoms. The highest BCUT2D eigenvalue weighted by molar-refractivity contribution is 6.14. The second-order valence-electron chi connectivity index (χ2n) is 33.1. The fourth-order valence-corrected chi connectivity index (χ4v) is 19.8. The molecule has 0 saturated heterocycles. The molecule has 0 unspecified atom stereocenters. The summed E-state index contributed by atoms with van der Waals surface area (Å²) < 4.78 is 9.63. The topological polar surface area (TPSA) is 19.7 Å². The lowest BCUT2D eigenvalue weighted by molar-refractivity contribution is 1.18. The molecular weight excluding hydrogens is 1510 g/mol. The van der Waals surface area contributed by atoms with Crippen LogP contribution in [0.15, 0.2) is 473 Å². The fourth-order valence-electron chi connectivity index (χ4n) is 19.8. The lowest BCUT2D eigenvalue weighted by Gasteiger charge is -2.14. The number of fused-ring (bicyclic) bond motifs is 15. The summed E-state index contributed by atoms with van der Waals surface area (Å²) in [7, 11) is 0. The normalized spacial score (nSPS) is 11.8. The van der Waals surface area contributed by atoms with Crippen LogP contribution in [-0.4, -0.2) is 18.3 Å². The Morgan fingerprint density at radius 2 is 0.320 bits per heavy atom. The largest absolute Gasteiger partial charge is 0.309 e. The molecule has 1 aliphatic carbocycles. The molecule has 0 fully saturated rings. The number of hydrogen-bond acceptors (Lipinski definition) is 0. The van der Waals surface area contributed by atoms with Crippen LogP contribution in [0.25, 0.3) is 221 Å². The first-order valence-electron chi connectivity index (χ1n) is 43.2. The van der Waals surface area contributed by atoms with Gasteiger partial charge in [0.2, 0.25) is 0 Å². The van der Waals surface area contributed by atoms with Gasteiger partial charge in [0, 0.05) is 65.8 Å². The maximum Gasteiger partial charge on any atom is 0.0541 e. The molecule has 4 heterocycles. The smallest absolute Gasteiger partial charge is 0.0541 e. The zero-order valence-corrected chi connectivity index (χ0v) is 68.5. The van der Waals surface area contributed by atoms with Gasteiger partial charge in [0.25, 0.3) is 0 Å². The molecule has 584 valence electrons. The number of para-hydroxylation sites is 6. The predicted octanol–water partition coefficient (Wildman–Crippen LogP) is 32.3. The highest BCUT2D eigenvalue weighted by atomic mass is 15.0. The average molecular weight is 1590 g/mol. The third kappa shape index (κ3) is 12.8. The summed E-state index contributed by atoms with van der Waals surface area (Å²) in [5.74, 6) is 0. The molecule has 4 aromatic heterocycles. The van der Waals surface area contributed by atoms with Crippen LogP contribution < -0.4 is 0 Å². The highest BCUT2D eigenvalue weighted by Crippen LogP contribution is 2.46. The number of benzene rings is 20. The van der Waals surface area contributed by atoms with Crippen molar-refractivity contribution in [3.05, 3.63) is 484 Å². The molecule has 20 aromatic carbocycles. The molecule has 4 nitrogen and oxygen atoms in total. The molecule has 0 amide bonds. The van der Waals surface area contributed by atoms with E-state index in [0.717, 1.165) is 17.8 Å². The van der Waals surface area contributed by atoms with Gasteiger partial charge < -0.3 is 18.3 Å². The monoisotopic (exact) mass is 1590 g/mol. The van der Waals surface area contributed by atoms with Crippen LogP contribution in [0.2, 0.25) is 0 Å². The molecule has 24 aromatic rings. The first kappa shape index (κ1) is 72.6. The molecule has 0 saturated carbocycles. The van der Waals surface area contributed by atoms with Crippen LogP contribution >= 0.6 is 0 Å².